The van der Waals surface area contributed by atoms with Crippen LogP contribution in [0.4, 0.5) is 4.39 Å². The molecule has 0 fully saturated rings. The van der Waals surface area contributed by atoms with E-state index in [9.17, 15) is 9.50 Å². The second-order valence-electron chi connectivity index (χ2n) is 4.62. The lowest BCUT2D eigenvalue weighted by molar-refractivity contribution is 0.146. The van der Waals surface area contributed by atoms with E-state index in [-0.39, 0.29) is 11.6 Å². The van der Waals surface area contributed by atoms with E-state index in [4.69, 9.17) is 28.9 Å². The molecule has 0 radical (unpaired) electrons. The summed E-state index contributed by atoms with van der Waals surface area (Å²) in [7, 11) is 0. The Morgan fingerprint density at radius 3 is 2.38 bits per heavy atom. The normalized spacial score (nSPS) is 14.0. The molecule has 21 heavy (non-hydrogen) atoms. The molecule has 0 saturated carbocycles. The highest BCUT2D eigenvalue weighted by atomic mass is 79.9. The Bertz CT molecular complexity index is 654. The summed E-state index contributed by atoms with van der Waals surface area (Å²) in [6.45, 7) is 0.168. The molecule has 2 rings (SSSR count). The molecule has 2 aromatic rings. The van der Waals surface area contributed by atoms with Crippen LogP contribution in [-0.4, -0.2) is 11.7 Å². The lowest BCUT2D eigenvalue weighted by Gasteiger charge is -2.24. The number of halogens is 4. The van der Waals surface area contributed by atoms with Crippen LogP contribution in [0.2, 0.25) is 10.0 Å². The summed E-state index contributed by atoms with van der Waals surface area (Å²) in [5.41, 5.74) is 7.03. The summed E-state index contributed by atoms with van der Waals surface area (Å²) < 4.78 is 13.8. The second kappa shape index (κ2) is 7.07. The molecular weight excluding hydrogens is 380 g/mol. The van der Waals surface area contributed by atoms with E-state index in [0.29, 0.717) is 20.6 Å². The van der Waals surface area contributed by atoms with Crippen LogP contribution in [0.1, 0.15) is 23.1 Å². The fraction of sp³-hybridized carbons (Fsp3) is 0.200. The van der Waals surface area contributed by atoms with Gasteiger partial charge in [0.15, 0.2) is 0 Å². The van der Waals surface area contributed by atoms with Crippen molar-refractivity contribution < 1.29 is 9.50 Å². The van der Waals surface area contributed by atoms with Crippen LogP contribution in [0, 0.1) is 5.82 Å². The summed E-state index contributed by atoms with van der Waals surface area (Å²) in [5, 5.41) is 11.4. The first-order valence-corrected chi connectivity index (χ1v) is 7.77. The van der Waals surface area contributed by atoms with Crippen molar-refractivity contribution in [3.63, 3.8) is 0 Å². The van der Waals surface area contributed by atoms with Gasteiger partial charge in [-0.1, -0.05) is 51.3 Å². The molecule has 0 aliphatic rings. The summed E-state index contributed by atoms with van der Waals surface area (Å²) in [6.07, 6.45) is -0.885. The van der Waals surface area contributed by atoms with E-state index in [1.165, 1.54) is 12.1 Å². The third-order valence-corrected chi connectivity index (χ3v) is 4.53. The largest absolute Gasteiger partial charge is 0.388 e. The predicted octanol–water partition coefficient (Wildman–Crippen LogP) is 4.67. The van der Waals surface area contributed by atoms with Gasteiger partial charge in [0.05, 0.1) is 6.10 Å². The molecule has 0 saturated heterocycles. The molecule has 0 bridgehead atoms. The van der Waals surface area contributed by atoms with Gasteiger partial charge in [-0.3, -0.25) is 0 Å². The summed E-state index contributed by atoms with van der Waals surface area (Å²) in [5.74, 6) is -0.878. The fourth-order valence-electron chi connectivity index (χ4n) is 2.19. The summed E-state index contributed by atoms with van der Waals surface area (Å²) in [6, 6.07) is 9.15. The zero-order valence-electron chi connectivity index (χ0n) is 10.9. The minimum atomic E-state index is -0.885. The van der Waals surface area contributed by atoms with E-state index in [1.54, 1.807) is 24.3 Å². The van der Waals surface area contributed by atoms with Crippen molar-refractivity contribution in [3.8, 4) is 0 Å². The van der Waals surface area contributed by atoms with Crippen LogP contribution in [0.25, 0.3) is 0 Å². The molecule has 0 spiro atoms. The van der Waals surface area contributed by atoms with Crippen molar-refractivity contribution in [1.82, 2.24) is 0 Å². The van der Waals surface area contributed by atoms with Gasteiger partial charge in [-0.05, 0) is 35.4 Å². The maximum absolute atomic E-state index is 13.1. The zero-order valence-corrected chi connectivity index (χ0v) is 14.0. The predicted molar refractivity (Wildman–Crippen MR) is 87.3 cm³/mol. The maximum atomic E-state index is 13.1. The van der Waals surface area contributed by atoms with E-state index >= 15 is 0 Å². The Labute approximate surface area is 140 Å². The molecule has 0 heterocycles. The lowest BCUT2D eigenvalue weighted by Crippen LogP contribution is -2.21. The minimum Gasteiger partial charge on any atom is -0.388 e. The number of aliphatic hydroxyl groups is 1. The average Bonchev–Trinajstić information content (AvgIpc) is 2.41. The zero-order chi connectivity index (χ0) is 15.6. The minimum absolute atomic E-state index is 0.168. The molecule has 0 aromatic heterocycles. The molecule has 3 N–H and O–H groups in total. The van der Waals surface area contributed by atoms with Crippen LogP contribution >= 0.6 is 39.1 Å². The molecule has 112 valence electrons. The molecule has 0 amide bonds. The van der Waals surface area contributed by atoms with Gasteiger partial charge < -0.3 is 10.8 Å². The van der Waals surface area contributed by atoms with Gasteiger partial charge in [0.25, 0.3) is 0 Å². The molecule has 2 unspecified atom stereocenters. The summed E-state index contributed by atoms with van der Waals surface area (Å²) in [4.78, 5) is 0. The van der Waals surface area contributed by atoms with Crippen molar-refractivity contribution in [3.05, 3.63) is 67.9 Å². The highest BCUT2D eigenvalue weighted by molar-refractivity contribution is 9.10. The van der Waals surface area contributed by atoms with Crippen LogP contribution in [0.3, 0.4) is 0 Å². The second-order valence-corrected chi connectivity index (χ2v) is 6.32. The molecular formula is C15H13BrCl2FNO. The van der Waals surface area contributed by atoms with Crippen LogP contribution in [-0.2, 0) is 0 Å². The highest BCUT2D eigenvalue weighted by Crippen LogP contribution is 2.37. The van der Waals surface area contributed by atoms with Crippen molar-refractivity contribution in [2.24, 2.45) is 5.73 Å². The molecule has 2 atom stereocenters. The van der Waals surface area contributed by atoms with Gasteiger partial charge in [0, 0.05) is 27.0 Å². The Morgan fingerprint density at radius 2 is 1.81 bits per heavy atom. The van der Waals surface area contributed by atoms with Crippen LogP contribution in [0.15, 0.2) is 40.9 Å². The highest BCUT2D eigenvalue weighted by Gasteiger charge is 2.25. The van der Waals surface area contributed by atoms with Crippen LogP contribution < -0.4 is 5.73 Å². The number of rotatable bonds is 4. The fourth-order valence-corrected chi connectivity index (χ4v) is 3.41. The van der Waals surface area contributed by atoms with E-state index in [1.807, 2.05) is 0 Å². The van der Waals surface area contributed by atoms with Gasteiger partial charge in [-0.25, -0.2) is 4.39 Å². The van der Waals surface area contributed by atoms with E-state index < -0.39 is 17.8 Å². The topological polar surface area (TPSA) is 46.2 Å². The first-order chi connectivity index (χ1) is 9.93. The Hall–Kier alpha value is -0.650. The summed E-state index contributed by atoms with van der Waals surface area (Å²) >= 11 is 15.3. The third-order valence-electron chi connectivity index (χ3n) is 3.28. The van der Waals surface area contributed by atoms with Gasteiger partial charge >= 0.3 is 0 Å². The Kier molecular flexibility index (Phi) is 5.63. The quantitative estimate of drug-likeness (QED) is 0.793. The average molecular weight is 393 g/mol. The van der Waals surface area contributed by atoms with E-state index in [2.05, 4.69) is 15.9 Å². The number of nitrogens with two attached hydrogens (primary N) is 1. The number of aliphatic hydroxyl groups excluding tert-OH is 1. The molecule has 0 aliphatic heterocycles. The molecule has 2 aromatic carbocycles. The SMILES string of the molecule is NCC(c1ccc(F)cc1Cl)C(O)c1ccc(Cl)cc1Br. The molecule has 0 aliphatic carbocycles. The monoisotopic (exact) mass is 391 g/mol. The first kappa shape index (κ1) is 16.7. The number of hydrogen-bond acceptors (Lipinski definition) is 2. The molecule has 6 heteroatoms. The van der Waals surface area contributed by atoms with Gasteiger partial charge in [0.2, 0.25) is 0 Å². The maximum Gasteiger partial charge on any atom is 0.124 e. The van der Waals surface area contributed by atoms with Crippen molar-refractivity contribution in [1.29, 1.82) is 0 Å². The van der Waals surface area contributed by atoms with Gasteiger partial charge in [0.1, 0.15) is 5.82 Å². The smallest absolute Gasteiger partial charge is 0.124 e. The number of hydrogen-bond donors (Lipinski definition) is 2. The third kappa shape index (κ3) is 3.76. The van der Waals surface area contributed by atoms with Crippen LogP contribution in [0.5, 0.6) is 0 Å². The van der Waals surface area contributed by atoms with Crippen molar-refractivity contribution in [2.75, 3.05) is 6.54 Å². The van der Waals surface area contributed by atoms with Crippen molar-refractivity contribution in [2.45, 2.75) is 12.0 Å². The Balaban J connectivity index is 2.40. The molecule has 2 nitrogen and oxygen atoms in total. The number of benzene rings is 2. The van der Waals surface area contributed by atoms with Crippen molar-refractivity contribution >= 4 is 39.1 Å². The van der Waals surface area contributed by atoms with Gasteiger partial charge in [-0.2, -0.15) is 0 Å². The van der Waals surface area contributed by atoms with Gasteiger partial charge in [-0.15, -0.1) is 0 Å². The first-order valence-electron chi connectivity index (χ1n) is 6.22. The Morgan fingerprint density at radius 1 is 1.14 bits per heavy atom. The van der Waals surface area contributed by atoms with E-state index in [0.717, 1.165) is 0 Å². The standard InChI is InChI=1S/C15H13BrCl2FNO/c16-13-5-8(17)1-3-11(13)15(21)12(7-20)10-4-2-9(19)6-14(10)18/h1-6,12,15,21H,7,20H2. The lowest BCUT2D eigenvalue weighted by atomic mass is 9.89.